The van der Waals surface area contributed by atoms with Crippen LogP contribution in [0, 0.1) is 0 Å². The van der Waals surface area contributed by atoms with Crippen molar-refractivity contribution < 1.29 is 9.59 Å². The number of hydrogen-bond donors (Lipinski definition) is 3. The predicted molar refractivity (Wildman–Crippen MR) is 126 cm³/mol. The summed E-state index contributed by atoms with van der Waals surface area (Å²) in [5.41, 5.74) is 4.16. The molecule has 1 aromatic heterocycles. The summed E-state index contributed by atoms with van der Waals surface area (Å²) in [5.74, 6) is -1.06. The summed E-state index contributed by atoms with van der Waals surface area (Å²) in [6.45, 7) is 1.76. The maximum atomic E-state index is 13.2. The summed E-state index contributed by atoms with van der Waals surface area (Å²) >= 11 is 0. The first-order chi connectivity index (χ1) is 16.0. The van der Waals surface area contributed by atoms with Crippen LogP contribution in [0.25, 0.3) is 10.8 Å². The molecule has 8 heteroatoms. The minimum Gasteiger partial charge on any atom is -0.335 e. The molecule has 0 aliphatic carbocycles. The van der Waals surface area contributed by atoms with E-state index in [1.54, 1.807) is 61.5 Å². The molecule has 3 aromatic carbocycles. The van der Waals surface area contributed by atoms with E-state index >= 15 is 0 Å². The van der Waals surface area contributed by atoms with Gasteiger partial charge in [0.05, 0.1) is 11.1 Å². The van der Waals surface area contributed by atoms with Crippen LogP contribution in [0.2, 0.25) is 0 Å². The number of aromatic amines is 1. The molecule has 0 unspecified atom stereocenters. The zero-order valence-corrected chi connectivity index (χ0v) is 17.8. The van der Waals surface area contributed by atoms with Gasteiger partial charge in [-0.05, 0) is 30.7 Å². The Hall–Kier alpha value is -4.59. The molecule has 0 saturated carbocycles. The summed E-state index contributed by atoms with van der Waals surface area (Å²) in [6.07, 6.45) is 0. The molecule has 33 heavy (non-hydrogen) atoms. The lowest BCUT2D eigenvalue weighted by molar-refractivity contribution is -0.123. The average Bonchev–Trinajstić information content (AvgIpc) is 2.87. The molecule has 0 radical (unpaired) electrons. The second-order valence-corrected chi connectivity index (χ2v) is 7.30. The van der Waals surface area contributed by atoms with E-state index in [4.69, 9.17) is 0 Å². The van der Waals surface area contributed by atoms with Crippen molar-refractivity contribution in [3.8, 4) is 0 Å². The maximum absolute atomic E-state index is 13.2. The molecule has 8 nitrogen and oxygen atoms in total. The topological polar surface area (TPSA) is 116 Å². The Morgan fingerprint density at radius 3 is 2.09 bits per heavy atom. The van der Waals surface area contributed by atoms with Gasteiger partial charge in [-0.1, -0.05) is 66.7 Å². The Bertz CT molecular complexity index is 1380. The van der Waals surface area contributed by atoms with E-state index in [2.05, 4.69) is 26.0 Å². The molecule has 3 N–H and O–H groups in total. The number of H-pyrrole nitrogens is 1. The number of carbonyl (C=O) groups excluding carboxylic acids is 2. The van der Waals surface area contributed by atoms with Gasteiger partial charge in [-0.3, -0.25) is 14.4 Å². The van der Waals surface area contributed by atoms with Gasteiger partial charge >= 0.3 is 0 Å². The first kappa shape index (κ1) is 21.6. The van der Waals surface area contributed by atoms with Crippen LogP contribution >= 0.6 is 0 Å². The SMILES string of the molecule is C/C(=N/NC(=O)[C@H](NC(=O)c1ccccc1)c1n[nH]c(=O)c2ccccc12)c1ccccc1. The second kappa shape index (κ2) is 9.69. The lowest BCUT2D eigenvalue weighted by atomic mass is 10.0. The van der Waals surface area contributed by atoms with Crippen molar-refractivity contribution in [2.45, 2.75) is 13.0 Å². The van der Waals surface area contributed by atoms with E-state index in [0.29, 0.717) is 22.0 Å². The van der Waals surface area contributed by atoms with Crippen LogP contribution in [0.15, 0.2) is 94.8 Å². The van der Waals surface area contributed by atoms with Crippen LogP contribution in [0.4, 0.5) is 0 Å². The number of amides is 2. The van der Waals surface area contributed by atoms with Crippen LogP contribution in [0.1, 0.15) is 34.6 Å². The van der Waals surface area contributed by atoms with Crippen molar-refractivity contribution >= 4 is 28.3 Å². The standard InChI is InChI=1S/C25H21N5O3/c1-16(17-10-4-2-5-11-17)27-30-25(33)22(26-23(31)18-12-6-3-7-13-18)21-19-14-8-9-15-20(19)24(32)29-28-21/h2-15,22H,1H3,(H,26,31)(H,29,32)(H,30,33)/b27-16-/t22-/m1/s1. The molecule has 0 bridgehead atoms. The third-order valence-corrected chi connectivity index (χ3v) is 5.10. The van der Waals surface area contributed by atoms with E-state index in [9.17, 15) is 14.4 Å². The van der Waals surface area contributed by atoms with Gasteiger partial charge in [-0.25, -0.2) is 10.5 Å². The van der Waals surface area contributed by atoms with E-state index in [-0.39, 0.29) is 11.3 Å². The highest BCUT2D eigenvalue weighted by molar-refractivity contribution is 6.01. The van der Waals surface area contributed by atoms with Gasteiger partial charge in [0.1, 0.15) is 5.69 Å². The number of benzene rings is 3. The summed E-state index contributed by atoms with van der Waals surface area (Å²) in [7, 11) is 0. The smallest absolute Gasteiger partial charge is 0.272 e. The molecule has 4 aromatic rings. The molecule has 0 spiro atoms. The number of nitrogens with one attached hydrogen (secondary N) is 3. The highest BCUT2D eigenvalue weighted by atomic mass is 16.2. The number of nitrogens with zero attached hydrogens (tertiary/aromatic N) is 2. The average molecular weight is 439 g/mol. The Morgan fingerprint density at radius 1 is 0.848 bits per heavy atom. The highest BCUT2D eigenvalue weighted by Gasteiger charge is 2.27. The third-order valence-electron chi connectivity index (χ3n) is 5.10. The van der Waals surface area contributed by atoms with Crippen LogP contribution in [0.5, 0.6) is 0 Å². The first-order valence-corrected chi connectivity index (χ1v) is 10.3. The largest absolute Gasteiger partial charge is 0.335 e. The van der Waals surface area contributed by atoms with Gasteiger partial charge in [-0.15, -0.1) is 0 Å². The molecule has 164 valence electrons. The van der Waals surface area contributed by atoms with Gasteiger partial charge in [0, 0.05) is 10.9 Å². The van der Waals surface area contributed by atoms with Crippen molar-refractivity contribution in [2.75, 3.05) is 0 Å². The van der Waals surface area contributed by atoms with Crippen molar-refractivity contribution in [3.05, 3.63) is 112 Å². The van der Waals surface area contributed by atoms with E-state index in [1.807, 2.05) is 30.3 Å². The minimum atomic E-state index is -1.20. The second-order valence-electron chi connectivity index (χ2n) is 7.30. The summed E-state index contributed by atoms with van der Waals surface area (Å²) in [6, 6.07) is 23.5. The van der Waals surface area contributed by atoms with Gasteiger partial charge < -0.3 is 5.32 Å². The van der Waals surface area contributed by atoms with Crippen LogP contribution in [0.3, 0.4) is 0 Å². The number of aromatic nitrogens is 2. The van der Waals surface area contributed by atoms with Crippen molar-refractivity contribution in [2.24, 2.45) is 5.10 Å². The Labute approximate surface area is 189 Å². The molecule has 0 fully saturated rings. The predicted octanol–water partition coefficient (Wildman–Crippen LogP) is 2.93. The molecule has 0 aliphatic rings. The van der Waals surface area contributed by atoms with Crippen LogP contribution in [-0.4, -0.2) is 27.7 Å². The van der Waals surface area contributed by atoms with E-state index in [1.165, 1.54) is 0 Å². The Balaban J connectivity index is 1.70. The Morgan fingerprint density at radius 2 is 1.42 bits per heavy atom. The molecule has 0 aliphatic heterocycles. The van der Waals surface area contributed by atoms with Crippen molar-refractivity contribution in [1.82, 2.24) is 20.9 Å². The third kappa shape index (κ3) is 4.85. The van der Waals surface area contributed by atoms with Gasteiger partial charge in [0.15, 0.2) is 6.04 Å². The van der Waals surface area contributed by atoms with Crippen molar-refractivity contribution in [3.63, 3.8) is 0 Å². The van der Waals surface area contributed by atoms with Gasteiger partial charge in [0.25, 0.3) is 17.4 Å². The highest BCUT2D eigenvalue weighted by Crippen LogP contribution is 2.20. The molecule has 4 rings (SSSR count). The molecular weight excluding hydrogens is 418 g/mol. The number of carbonyl (C=O) groups is 2. The molecule has 1 atom stereocenters. The molecular formula is C25H21N5O3. The molecule has 1 heterocycles. The lowest BCUT2D eigenvalue weighted by Crippen LogP contribution is -2.40. The number of fused-ring (bicyclic) bond motifs is 1. The minimum absolute atomic E-state index is 0.208. The lowest BCUT2D eigenvalue weighted by Gasteiger charge is -2.18. The Kier molecular flexibility index (Phi) is 6.36. The van der Waals surface area contributed by atoms with Crippen molar-refractivity contribution in [1.29, 1.82) is 0 Å². The monoisotopic (exact) mass is 439 g/mol. The molecule has 0 saturated heterocycles. The number of hydrazone groups is 1. The summed E-state index contributed by atoms with van der Waals surface area (Å²) in [4.78, 5) is 38.3. The first-order valence-electron chi connectivity index (χ1n) is 10.3. The van der Waals surface area contributed by atoms with E-state index in [0.717, 1.165) is 5.56 Å². The quantitative estimate of drug-likeness (QED) is 0.316. The fraction of sp³-hybridized carbons (Fsp3) is 0.0800. The number of hydrogen-bond acceptors (Lipinski definition) is 5. The van der Waals surface area contributed by atoms with Crippen LogP contribution < -0.4 is 16.3 Å². The zero-order chi connectivity index (χ0) is 23.2. The maximum Gasteiger partial charge on any atom is 0.272 e. The van der Waals surface area contributed by atoms with Crippen LogP contribution in [-0.2, 0) is 4.79 Å². The fourth-order valence-electron chi connectivity index (χ4n) is 3.37. The fourth-order valence-corrected chi connectivity index (χ4v) is 3.37. The van der Waals surface area contributed by atoms with E-state index < -0.39 is 17.9 Å². The summed E-state index contributed by atoms with van der Waals surface area (Å²) in [5, 5.41) is 14.2. The zero-order valence-electron chi connectivity index (χ0n) is 17.8. The normalized spacial score (nSPS) is 12.2. The summed E-state index contributed by atoms with van der Waals surface area (Å²) < 4.78 is 0. The number of rotatable bonds is 6. The van der Waals surface area contributed by atoms with Gasteiger partial charge in [0.2, 0.25) is 0 Å². The molecule has 2 amide bonds. The van der Waals surface area contributed by atoms with Gasteiger partial charge in [-0.2, -0.15) is 10.2 Å².